The van der Waals surface area contributed by atoms with Gasteiger partial charge in [-0.05, 0) is 6.42 Å². The monoisotopic (exact) mass is 592 g/mol. The fourth-order valence-corrected chi connectivity index (χ4v) is 6.40. The molecule has 42 heavy (non-hydrogen) atoms. The van der Waals surface area contributed by atoms with Crippen molar-refractivity contribution in [2.75, 3.05) is 42.5 Å². The maximum Gasteiger partial charge on any atom is 0.415 e. The van der Waals surface area contributed by atoms with E-state index in [1.165, 1.54) is 21.1 Å². The van der Waals surface area contributed by atoms with Crippen molar-refractivity contribution in [2.24, 2.45) is 5.41 Å². The zero-order chi connectivity index (χ0) is 29.6. The second-order valence-corrected chi connectivity index (χ2v) is 11.2. The van der Waals surface area contributed by atoms with Crippen LogP contribution in [0.25, 0.3) is 0 Å². The third-order valence-corrected chi connectivity index (χ3v) is 8.77. The first-order valence-electron chi connectivity index (χ1n) is 13.3. The Labute approximate surface area is 234 Å². The van der Waals surface area contributed by atoms with Crippen LogP contribution in [0.5, 0.6) is 0 Å². The Morgan fingerprint density at radius 2 is 1.76 bits per heavy atom. The van der Waals surface area contributed by atoms with Crippen molar-refractivity contribution in [3.8, 4) is 0 Å². The summed E-state index contributed by atoms with van der Waals surface area (Å²) in [6.07, 6.45) is -0.576. The van der Waals surface area contributed by atoms with Gasteiger partial charge in [0, 0.05) is 50.3 Å². The second-order valence-electron chi connectivity index (χ2n) is 11.2. The van der Waals surface area contributed by atoms with Gasteiger partial charge in [0.15, 0.2) is 17.2 Å². The van der Waals surface area contributed by atoms with Gasteiger partial charge >= 0.3 is 12.5 Å². The summed E-state index contributed by atoms with van der Waals surface area (Å²) < 4.78 is 63.4. The van der Waals surface area contributed by atoms with Crippen LogP contribution in [0, 0.1) is 17.0 Å². The number of hydrogen-bond acceptors (Lipinski definition) is 8. The average molecular weight is 593 g/mol. The van der Waals surface area contributed by atoms with Gasteiger partial charge in [-0.25, -0.2) is 28.3 Å². The van der Waals surface area contributed by atoms with Crippen molar-refractivity contribution in [3.63, 3.8) is 0 Å². The van der Waals surface area contributed by atoms with Crippen molar-refractivity contribution in [1.29, 1.82) is 0 Å². The lowest BCUT2D eigenvalue weighted by molar-refractivity contribution is -0.176. The molecule has 2 spiro atoms. The van der Waals surface area contributed by atoms with Gasteiger partial charge in [-0.3, -0.25) is 19.3 Å². The topological polar surface area (TPSA) is 133 Å². The number of carbonyl (C=O) groups excluding carboxylic acids is 4. The maximum atomic E-state index is 15.5. The standard InChI is InChI=1S/C25H24F4N8O5/c26-14-7-13(34-12-25(42-23(34)41)10-17(25)35-2-1-30-32-35)8-15(27)19(14)33-3-5-36-18(38)11-24(22(40)37(36)6-4-33)9-16(24)31-21(39)20(28)29/h1-2,7-8,16-17,20H,3-6,9-12H2,(H,31,39)/t16?,17-,24+,25-/m0/s1. The molecule has 4 amide bonds. The highest BCUT2D eigenvalue weighted by atomic mass is 19.3. The number of fused-ring (bicyclic) bond motifs is 1. The van der Waals surface area contributed by atoms with Gasteiger partial charge in [0.2, 0.25) is 11.8 Å². The molecule has 5 fully saturated rings. The van der Waals surface area contributed by atoms with Gasteiger partial charge in [0.25, 0.3) is 5.91 Å². The summed E-state index contributed by atoms with van der Waals surface area (Å²) in [7, 11) is 0. The minimum Gasteiger partial charge on any atom is -0.438 e. The summed E-state index contributed by atoms with van der Waals surface area (Å²) >= 11 is 0. The van der Waals surface area contributed by atoms with Crippen LogP contribution in [0.2, 0.25) is 0 Å². The first-order valence-corrected chi connectivity index (χ1v) is 13.3. The summed E-state index contributed by atoms with van der Waals surface area (Å²) in [5.41, 5.74) is -2.56. The smallest absolute Gasteiger partial charge is 0.415 e. The van der Waals surface area contributed by atoms with Crippen LogP contribution in [0.15, 0.2) is 24.5 Å². The predicted octanol–water partition coefficient (Wildman–Crippen LogP) is 0.833. The number of ether oxygens (including phenoxy) is 1. The van der Waals surface area contributed by atoms with Gasteiger partial charge in [-0.1, -0.05) is 5.21 Å². The number of anilines is 2. The molecule has 1 aromatic heterocycles. The second kappa shape index (κ2) is 9.03. The molecule has 13 nitrogen and oxygen atoms in total. The molecule has 2 aliphatic carbocycles. The third-order valence-electron chi connectivity index (χ3n) is 8.77. The summed E-state index contributed by atoms with van der Waals surface area (Å²) in [4.78, 5) is 52.9. The van der Waals surface area contributed by atoms with E-state index in [4.69, 9.17) is 4.74 Å². The predicted molar refractivity (Wildman–Crippen MR) is 132 cm³/mol. The molecular formula is C25H24F4N8O5. The van der Waals surface area contributed by atoms with E-state index in [2.05, 4.69) is 15.6 Å². The molecule has 3 aliphatic heterocycles. The van der Waals surface area contributed by atoms with E-state index in [1.54, 1.807) is 10.9 Å². The zero-order valence-electron chi connectivity index (χ0n) is 21.9. The highest BCUT2D eigenvalue weighted by molar-refractivity contribution is 5.98. The van der Waals surface area contributed by atoms with Gasteiger partial charge in [0.1, 0.15) is 5.69 Å². The minimum atomic E-state index is -3.25. The first-order chi connectivity index (χ1) is 20.0. The highest BCUT2D eigenvalue weighted by Gasteiger charge is 2.67. The van der Waals surface area contributed by atoms with Crippen molar-refractivity contribution in [1.82, 2.24) is 30.3 Å². The Kier molecular flexibility index (Phi) is 5.69. The Balaban J connectivity index is 1.06. The van der Waals surface area contributed by atoms with Gasteiger partial charge < -0.3 is 15.0 Å². The van der Waals surface area contributed by atoms with Gasteiger partial charge in [-0.15, -0.1) is 5.10 Å². The van der Waals surface area contributed by atoms with Crippen molar-refractivity contribution in [3.05, 3.63) is 36.2 Å². The average Bonchev–Trinajstić information content (AvgIpc) is 3.69. The Hall–Kier alpha value is -4.44. The lowest BCUT2D eigenvalue weighted by Gasteiger charge is -2.40. The molecule has 2 saturated carbocycles. The van der Waals surface area contributed by atoms with Crippen LogP contribution in [-0.4, -0.2) is 99.6 Å². The van der Waals surface area contributed by atoms with Gasteiger partial charge in [-0.2, -0.15) is 8.78 Å². The summed E-state index contributed by atoms with van der Waals surface area (Å²) in [6.45, 7) is -0.128. The van der Waals surface area contributed by atoms with E-state index in [9.17, 15) is 28.0 Å². The molecule has 1 aromatic carbocycles. The number of benzene rings is 1. The lowest BCUT2D eigenvalue weighted by Crippen LogP contribution is -2.59. The highest BCUT2D eigenvalue weighted by Crippen LogP contribution is 2.55. The van der Waals surface area contributed by atoms with E-state index < -0.39 is 58.9 Å². The molecule has 2 aromatic rings. The van der Waals surface area contributed by atoms with E-state index in [1.807, 2.05) is 0 Å². The number of aromatic nitrogens is 3. The molecule has 17 heteroatoms. The van der Waals surface area contributed by atoms with Crippen LogP contribution in [-0.2, 0) is 19.1 Å². The summed E-state index contributed by atoms with van der Waals surface area (Å²) in [6, 6.07) is 0.952. The fraction of sp³-hybridized carbons (Fsp3) is 0.520. The molecule has 1 unspecified atom stereocenters. The van der Waals surface area contributed by atoms with Crippen molar-refractivity contribution >= 4 is 35.2 Å². The first kappa shape index (κ1) is 26.5. The maximum absolute atomic E-state index is 15.5. The lowest BCUT2D eigenvalue weighted by atomic mass is 9.96. The molecule has 0 bridgehead atoms. The Bertz CT molecular complexity index is 1490. The quantitative estimate of drug-likeness (QED) is 0.505. The van der Waals surface area contributed by atoms with Crippen molar-refractivity contribution < 1.29 is 41.5 Å². The van der Waals surface area contributed by atoms with E-state index in [0.717, 1.165) is 17.0 Å². The number of nitrogens with one attached hydrogen (secondary N) is 1. The minimum absolute atomic E-state index is 0.00426. The Morgan fingerprint density at radius 1 is 1.05 bits per heavy atom. The molecule has 4 atom stereocenters. The number of rotatable bonds is 5. The molecular weight excluding hydrogens is 568 g/mol. The van der Waals surface area contributed by atoms with Crippen LogP contribution in [0.3, 0.4) is 0 Å². The third kappa shape index (κ3) is 3.96. The van der Waals surface area contributed by atoms with Crippen LogP contribution >= 0.6 is 0 Å². The SMILES string of the molecule is O=C(NC1C[C@@]12CC(=O)N1CCN(c3c(F)cc(N4C[C@]5(C[C@@H]5n5ccnn5)OC4=O)cc3F)CCN1C2=O)C(F)F. The van der Waals surface area contributed by atoms with Crippen LogP contribution in [0.4, 0.5) is 33.7 Å². The van der Waals surface area contributed by atoms with Crippen LogP contribution in [0.1, 0.15) is 25.3 Å². The van der Waals surface area contributed by atoms with Crippen LogP contribution < -0.4 is 15.1 Å². The fourth-order valence-electron chi connectivity index (χ4n) is 6.40. The van der Waals surface area contributed by atoms with Crippen molar-refractivity contribution in [2.45, 2.75) is 43.4 Å². The summed E-state index contributed by atoms with van der Waals surface area (Å²) in [5, 5.41) is 12.2. The molecule has 3 saturated heterocycles. The number of hydrogen-bond donors (Lipinski definition) is 1. The molecule has 4 heterocycles. The largest absolute Gasteiger partial charge is 0.438 e. The van der Waals surface area contributed by atoms with E-state index >= 15 is 8.78 Å². The molecule has 1 N–H and O–H groups in total. The number of halogens is 4. The number of hydrazine groups is 1. The molecule has 222 valence electrons. The van der Waals surface area contributed by atoms with E-state index in [-0.39, 0.29) is 63.0 Å². The van der Waals surface area contributed by atoms with Gasteiger partial charge in [0.05, 0.1) is 43.0 Å². The molecule has 0 radical (unpaired) electrons. The number of alkyl halides is 2. The summed E-state index contributed by atoms with van der Waals surface area (Å²) in [5.74, 6) is -4.36. The number of nitrogens with zero attached hydrogens (tertiary/aromatic N) is 7. The molecule has 7 rings (SSSR count). The normalized spacial score (nSPS) is 30.3. The zero-order valence-corrected chi connectivity index (χ0v) is 21.9. The Morgan fingerprint density at radius 3 is 2.43 bits per heavy atom. The number of carbonyl (C=O) groups is 4. The number of amides is 4. The molecule has 5 aliphatic rings. The van der Waals surface area contributed by atoms with E-state index in [0.29, 0.717) is 6.42 Å².